The normalized spacial score (nSPS) is 11.3. The third kappa shape index (κ3) is 4.07. The van der Waals surface area contributed by atoms with Crippen LogP contribution in [0, 0.1) is 12.7 Å². The highest BCUT2D eigenvalue weighted by Gasteiger charge is 2.14. The minimum absolute atomic E-state index is 0.246. The number of rotatable bonds is 6. The van der Waals surface area contributed by atoms with Crippen LogP contribution in [-0.4, -0.2) is 19.7 Å². The molecule has 0 unspecified atom stereocenters. The zero-order valence-electron chi connectivity index (χ0n) is 16.1. The zero-order chi connectivity index (χ0) is 20.4. The van der Waals surface area contributed by atoms with Crippen molar-refractivity contribution in [2.75, 3.05) is 0 Å². The lowest BCUT2D eigenvalue weighted by atomic mass is 10.1. The molecule has 0 aliphatic heterocycles. The molecule has 2 aromatic carbocycles. The first-order chi connectivity index (χ1) is 14.0. The first-order valence-electron chi connectivity index (χ1n) is 9.27. The van der Waals surface area contributed by atoms with Gasteiger partial charge in [-0.2, -0.15) is 4.98 Å². The molecule has 29 heavy (non-hydrogen) atoms. The van der Waals surface area contributed by atoms with Crippen molar-refractivity contribution < 1.29 is 8.91 Å². The Balaban J connectivity index is 1.61. The molecule has 0 amide bonds. The van der Waals surface area contributed by atoms with Crippen molar-refractivity contribution in [2.45, 2.75) is 37.7 Å². The maximum Gasteiger partial charge on any atom is 0.262 e. The van der Waals surface area contributed by atoms with Crippen LogP contribution in [0.3, 0.4) is 0 Å². The molecule has 4 rings (SSSR count). The SMILES string of the molecule is CCCn1c(SCc2nc(-c3ccc(C)cc3)no2)nc2ccc(F)cc2c1=O. The number of nitrogens with zero attached hydrogens (tertiary/aromatic N) is 4. The minimum Gasteiger partial charge on any atom is -0.338 e. The lowest BCUT2D eigenvalue weighted by Crippen LogP contribution is -2.23. The quantitative estimate of drug-likeness (QED) is 0.342. The van der Waals surface area contributed by atoms with Gasteiger partial charge in [0.05, 0.1) is 16.7 Å². The Bertz CT molecular complexity index is 1220. The summed E-state index contributed by atoms with van der Waals surface area (Å²) in [5.41, 5.74) is 2.26. The summed E-state index contributed by atoms with van der Waals surface area (Å²) < 4.78 is 20.5. The summed E-state index contributed by atoms with van der Waals surface area (Å²) in [4.78, 5) is 21.8. The Kier molecular flexibility index (Phi) is 5.44. The minimum atomic E-state index is -0.450. The molecule has 0 aliphatic carbocycles. The van der Waals surface area contributed by atoms with Crippen LogP contribution in [0.2, 0.25) is 0 Å². The molecule has 4 aromatic rings. The smallest absolute Gasteiger partial charge is 0.262 e. The highest BCUT2D eigenvalue weighted by atomic mass is 32.2. The van der Waals surface area contributed by atoms with Crippen LogP contribution >= 0.6 is 11.8 Å². The predicted molar refractivity (Wildman–Crippen MR) is 110 cm³/mol. The molecule has 0 radical (unpaired) electrons. The third-order valence-corrected chi connectivity index (χ3v) is 5.39. The van der Waals surface area contributed by atoms with Gasteiger partial charge in [0.25, 0.3) is 5.56 Å². The van der Waals surface area contributed by atoms with Crippen molar-refractivity contribution in [3.05, 3.63) is 70.1 Å². The van der Waals surface area contributed by atoms with Gasteiger partial charge >= 0.3 is 0 Å². The van der Waals surface area contributed by atoms with E-state index >= 15 is 0 Å². The Morgan fingerprint density at radius 2 is 1.93 bits per heavy atom. The van der Waals surface area contributed by atoms with Crippen molar-refractivity contribution >= 4 is 22.7 Å². The van der Waals surface area contributed by atoms with Crippen LogP contribution < -0.4 is 5.56 Å². The highest BCUT2D eigenvalue weighted by Crippen LogP contribution is 2.24. The van der Waals surface area contributed by atoms with Crippen LogP contribution in [0.4, 0.5) is 4.39 Å². The number of hydrogen-bond acceptors (Lipinski definition) is 6. The summed E-state index contributed by atoms with van der Waals surface area (Å²) in [7, 11) is 0. The number of aromatic nitrogens is 4. The number of hydrogen-bond donors (Lipinski definition) is 0. The van der Waals surface area contributed by atoms with Gasteiger partial charge in [-0.3, -0.25) is 9.36 Å². The number of thioether (sulfide) groups is 1. The van der Waals surface area contributed by atoms with Crippen molar-refractivity contribution in [2.24, 2.45) is 0 Å². The third-order valence-electron chi connectivity index (χ3n) is 4.43. The molecule has 0 saturated carbocycles. The summed E-state index contributed by atoms with van der Waals surface area (Å²) >= 11 is 1.35. The van der Waals surface area contributed by atoms with E-state index in [1.165, 1.54) is 30.0 Å². The summed E-state index contributed by atoms with van der Waals surface area (Å²) in [6, 6.07) is 11.9. The van der Waals surface area contributed by atoms with E-state index in [4.69, 9.17) is 4.52 Å². The number of benzene rings is 2. The van der Waals surface area contributed by atoms with E-state index in [2.05, 4.69) is 15.1 Å². The van der Waals surface area contributed by atoms with E-state index < -0.39 is 5.82 Å². The standard InChI is InChI=1S/C21H19FN4O2S/c1-3-10-26-20(27)16-11-15(22)8-9-17(16)23-21(26)29-12-18-24-19(25-28-18)14-6-4-13(2)5-7-14/h4-9,11H,3,10,12H2,1-2H3. The zero-order valence-corrected chi connectivity index (χ0v) is 16.9. The molecular weight excluding hydrogens is 391 g/mol. The average molecular weight is 410 g/mol. The molecule has 0 atom stereocenters. The van der Waals surface area contributed by atoms with Crippen LogP contribution in [-0.2, 0) is 12.3 Å². The van der Waals surface area contributed by atoms with E-state index in [1.54, 1.807) is 4.57 Å². The first-order valence-corrected chi connectivity index (χ1v) is 10.3. The molecule has 0 bridgehead atoms. The van der Waals surface area contributed by atoms with Crippen molar-refractivity contribution in [3.8, 4) is 11.4 Å². The molecule has 0 fully saturated rings. The van der Waals surface area contributed by atoms with Gasteiger partial charge in [0.2, 0.25) is 11.7 Å². The fraction of sp³-hybridized carbons (Fsp3) is 0.238. The topological polar surface area (TPSA) is 73.8 Å². The van der Waals surface area contributed by atoms with Gasteiger partial charge in [-0.1, -0.05) is 53.7 Å². The molecule has 0 aliphatic rings. The molecule has 0 N–H and O–H groups in total. The van der Waals surface area contributed by atoms with Crippen LogP contribution in [0.1, 0.15) is 24.8 Å². The van der Waals surface area contributed by atoms with Crippen LogP contribution in [0.5, 0.6) is 0 Å². The van der Waals surface area contributed by atoms with Gasteiger partial charge < -0.3 is 4.52 Å². The van der Waals surface area contributed by atoms with Crippen LogP contribution in [0.25, 0.3) is 22.3 Å². The van der Waals surface area contributed by atoms with E-state index in [9.17, 15) is 9.18 Å². The number of halogens is 1. The van der Waals surface area contributed by atoms with Gasteiger partial charge in [0, 0.05) is 12.1 Å². The molecule has 0 saturated heterocycles. The van der Waals surface area contributed by atoms with E-state index in [-0.39, 0.29) is 10.9 Å². The Morgan fingerprint density at radius 1 is 1.14 bits per heavy atom. The molecule has 0 spiro atoms. The maximum atomic E-state index is 13.6. The Morgan fingerprint density at radius 3 is 2.69 bits per heavy atom. The van der Waals surface area contributed by atoms with E-state index in [0.717, 1.165) is 17.5 Å². The van der Waals surface area contributed by atoms with Gasteiger partial charge in [-0.15, -0.1) is 0 Å². The van der Waals surface area contributed by atoms with Gasteiger partial charge in [-0.05, 0) is 31.5 Å². The molecular formula is C21H19FN4O2S. The van der Waals surface area contributed by atoms with Crippen molar-refractivity contribution in [3.63, 3.8) is 0 Å². The number of fused-ring (bicyclic) bond motifs is 1. The second kappa shape index (κ2) is 8.16. The lowest BCUT2D eigenvalue weighted by Gasteiger charge is -2.11. The van der Waals surface area contributed by atoms with Crippen molar-refractivity contribution in [1.29, 1.82) is 0 Å². The van der Waals surface area contributed by atoms with Crippen molar-refractivity contribution in [1.82, 2.24) is 19.7 Å². The summed E-state index contributed by atoms with van der Waals surface area (Å²) in [5, 5.41) is 4.86. The van der Waals surface area contributed by atoms with E-state index in [1.807, 2.05) is 38.1 Å². The Labute approximate surface area is 170 Å². The van der Waals surface area contributed by atoms with E-state index in [0.29, 0.717) is 34.7 Å². The fourth-order valence-corrected chi connectivity index (χ4v) is 3.83. The van der Waals surface area contributed by atoms with Crippen LogP contribution in [0.15, 0.2) is 56.9 Å². The second-order valence-corrected chi connectivity index (χ2v) is 7.62. The first kappa shape index (κ1) is 19.3. The largest absolute Gasteiger partial charge is 0.338 e. The van der Waals surface area contributed by atoms with Gasteiger partial charge in [-0.25, -0.2) is 9.37 Å². The molecule has 8 heteroatoms. The molecule has 6 nitrogen and oxygen atoms in total. The van der Waals surface area contributed by atoms with Gasteiger partial charge in [0.15, 0.2) is 5.16 Å². The Hall–Kier alpha value is -3.00. The molecule has 2 heterocycles. The molecule has 148 valence electrons. The maximum absolute atomic E-state index is 13.6. The average Bonchev–Trinajstić information content (AvgIpc) is 3.19. The fourth-order valence-electron chi connectivity index (χ4n) is 2.96. The molecule has 2 aromatic heterocycles. The lowest BCUT2D eigenvalue weighted by molar-refractivity contribution is 0.391. The summed E-state index contributed by atoms with van der Waals surface area (Å²) in [6.07, 6.45) is 0.758. The monoisotopic (exact) mass is 410 g/mol. The predicted octanol–water partition coefficient (Wildman–Crippen LogP) is 4.60. The number of aryl methyl sites for hydroxylation is 1. The summed E-state index contributed by atoms with van der Waals surface area (Å²) in [6.45, 7) is 4.49. The van der Waals surface area contributed by atoms with Gasteiger partial charge in [0.1, 0.15) is 5.82 Å². The second-order valence-electron chi connectivity index (χ2n) is 6.68. The highest BCUT2D eigenvalue weighted by molar-refractivity contribution is 7.98. The summed E-state index contributed by atoms with van der Waals surface area (Å²) in [5.74, 6) is 0.895.